The lowest BCUT2D eigenvalue weighted by Crippen LogP contribution is -2.40. The Morgan fingerprint density at radius 3 is 2.26 bits per heavy atom. The maximum atomic E-state index is 12.4. The van der Waals surface area contributed by atoms with Crippen molar-refractivity contribution in [1.29, 1.82) is 0 Å². The van der Waals surface area contributed by atoms with Gasteiger partial charge in [-0.15, -0.1) is 0 Å². The average Bonchev–Trinajstić information content (AvgIpc) is 2.92. The predicted octanol–water partition coefficient (Wildman–Crippen LogP) is 1.10. The van der Waals surface area contributed by atoms with E-state index in [0.29, 0.717) is 23.8 Å². The Morgan fingerprint density at radius 1 is 1.26 bits per heavy atom. The lowest BCUT2D eigenvalue weighted by atomic mass is 10.2. The highest BCUT2D eigenvalue weighted by molar-refractivity contribution is 7.90. The van der Waals surface area contributed by atoms with Gasteiger partial charge in [0.1, 0.15) is 4.99 Å². The van der Waals surface area contributed by atoms with Gasteiger partial charge >= 0.3 is 10.2 Å². The summed E-state index contributed by atoms with van der Waals surface area (Å²) in [7, 11) is -1.86. The van der Waals surface area contributed by atoms with Crippen LogP contribution in [-0.2, 0) is 10.2 Å². The first-order valence-electron chi connectivity index (χ1n) is 6.07. The van der Waals surface area contributed by atoms with E-state index in [9.17, 15) is 8.42 Å². The number of hydrogen-bond acceptors (Lipinski definition) is 3. The number of hydrogen-bond donors (Lipinski definition) is 1. The fourth-order valence-corrected chi connectivity index (χ4v) is 3.65. The normalized spacial score (nSPS) is 16.5. The molecule has 19 heavy (non-hydrogen) atoms. The fraction of sp³-hybridized carbons (Fsp3) is 0.417. The Labute approximate surface area is 119 Å². The van der Waals surface area contributed by atoms with Crippen LogP contribution in [0.3, 0.4) is 0 Å². The minimum atomic E-state index is -3.42. The molecule has 1 aliphatic heterocycles. The van der Waals surface area contributed by atoms with Crippen molar-refractivity contribution in [3.63, 3.8) is 0 Å². The first-order valence-corrected chi connectivity index (χ1v) is 7.87. The molecule has 0 unspecified atom stereocenters. The minimum Gasteiger partial charge on any atom is -0.389 e. The second-order valence-electron chi connectivity index (χ2n) is 4.49. The lowest BCUT2D eigenvalue weighted by Gasteiger charge is -2.25. The molecule has 1 heterocycles. The summed E-state index contributed by atoms with van der Waals surface area (Å²) in [5.74, 6) is 0. The summed E-state index contributed by atoms with van der Waals surface area (Å²) in [5.41, 5.74) is 6.85. The van der Waals surface area contributed by atoms with Crippen LogP contribution < -0.4 is 10.0 Å². The zero-order chi connectivity index (χ0) is 14.0. The maximum absolute atomic E-state index is 12.4. The van der Waals surface area contributed by atoms with E-state index in [4.69, 9.17) is 18.0 Å². The number of thiocarbonyl (C=S) groups is 1. The predicted molar refractivity (Wildman–Crippen MR) is 80.5 cm³/mol. The van der Waals surface area contributed by atoms with E-state index >= 15 is 0 Å². The van der Waals surface area contributed by atoms with Gasteiger partial charge in [-0.3, -0.25) is 4.31 Å². The maximum Gasteiger partial charge on any atom is 0.303 e. The third-order valence-corrected chi connectivity index (χ3v) is 5.41. The van der Waals surface area contributed by atoms with Crippen LogP contribution in [0.1, 0.15) is 18.4 Å². The number of nitrogens with two attached hydrogens (primary N) is 1. The highest BCUT2D eigenvalue weighted by Crippen LogP contribution is 2.22. The topological polar surface area (TPSA) is 66.6 Å². The van der Waals surface area contributed by atoms with Crippen LogP contribution in [0.5, 0.6) is 0 Å². The molecule has 0 amide bonds. The smallest absolute Gasteiger partial charge is 0.303 e. The number of benzene rings is 1. The van der Waals surface area contributed by atoms with E-state index in [1.165, 1.54) is 8.61 Å². The standard InChI is InChI=1S/C12H17N3O2S2/c1-14(19(16,17)15-8-2-3-9-15)11-6-4-10(5-7-11)12(13)18/h4-7H,2-3,8-9H2,1H3,(H2,13,18). The van der Waals surface area contributed by atoms with Crippen molar-refractivity contribution >= 4 is 33.1 Å². The van der Waals surface area contributed by atoms with Crippen molar-refractivity contribution in [3.05, 3.63) is 29.8 Å². The van der Waals surface area contributed by atoms with Crippen molar-refractivity contribution < 1.29 is 8.42 Å². The minimum absolute atomic E-state index is 0.302. The molecule has 0 radical (unpaired) electrons. The van der Waals surface area contributed by atoms with Gasteiger partial charge in [0.2, 0.25) is 0 Å². The molecule has 0 atom stereocenters. The van der Waals surface area contributed by atoms with Gasteiger partial charge in [-0.05, 0) is 37.1 Å². The van der Waals surface area contributed by atoms with E-state index in [0.717, 1.165) is 18.4 Å². The molecule has 5 nitrogen and oxygen atoms in total. The molecule has 0 bridgehead atoms. The average molecular weight is 299 g/mol. The van der Waals surface area contributed by atoms with Gasteiger partial charge in [0.25, 0.3) is 0 Å². The quantitative estimate of drug-likeness (QED) is 0.845. The summed E-state index contributed by atoms with van der Waals surface area (Å²) < 4.78 is 27.5. The summed E-state index contributed by atoms with van der Waals surface area (Å²) in [6.45, 7) is 1.19. The summed E-state index contributed by atoms with van der Waals surface area (Å²) in [6.07, 6.45) is 1.85. The second kappa shape index (κ2) is 5.44. The summed E-state index contributed by atoms with van der Waals surface area (Å²) >= 11 is 4.87. The number of nitrogens with zero attached hydrogens (tertiary/aromatic N) is 2. The van der Waals surface area contributed by atoms with E-state index in [2.05, 4.69) is 0 Å². The summed E-state index contributed by atoms with van der Waals surface area (Å²) in [4.78, 5) is 0.302. The van der Waals surface area contributed by atoms with Crippen molar-refractivity contribution in [2.24, 2.45) is 5.73 Å². The molecule has 1 fully saturated rings. The van der Waals surface area contributed by atoms with Crippen LogP contribution in [-0.4, -0.2) is 37.8 Å². The van der Waals surface area contributed by atoms with Crippen molar-refractivity contribution in [3.8, 4) is 0 Å². The van der Waals surface area contributed by atoms with Gasteiger partial charge in [-0.1, -0.05) is 12.2 Å². The SMILES string of the molecule is CN(c1ccc(C(N)=S)cc1)S(=O)(=O)N1CCCC1. The lowest BCUT2D eigenvalue weighted by molar-refractivity contribution is 0.476. The summed E-state index contributed by atoms with van der Waals surface area (Å²) in [6, 6.07) is 6.88. The second-order valence-corrected chi connectivity index (χ2v) is 6.89. The van der Waals surface area contributed by atoms with Crippen molar-refractivity contribution in [2.75, 3.05) is 24.4 Å². The molecule has 0 saturated carbocycles. The Balaban J connectivity index is 2.23. The van der Waals surface area contributed by atoms with Gasteiger partial charge in [0.05, 0.1) is 5.69 Å². The molecule has 104 valence electrons. The van der Waals surface area contributed by atoms with Crippen LogP contribution in [0.25, 0.3) is 0 Å². The highest BCUT2D eigenvalue weighted by atomic mass is 32.2. The summed E-state index contributed by atoms with van der Waals surface area (Å²) in [5, 5.41) is 0. The first-order chi connectivity index (χ1) is 8.93. The van der Waals surface area contributed by atoms with Crippen molar-refractivity contribution in [2.45, 2.75) is 12.8 Å². The van der Waals surface area contributed by atoms with E-state index in [1.54, 1.807) is 31.3 Å². The highest BCUT2D eigenvalue weighted by Gasteiger charge is 2.29. The molecule has 1 saturated heterocycles. The van der Waals surface area contributed by atoms with Gasteiger partial charge in [-0.25, -0.2) is 0 Å². The monoisotopic (exact) mass is 299 g/mol. The molecule has 2 N–H and O–H groups in total. The fourth-order valence-electron chi connectivity index (χ4n) is 2.06. The number of rotatable bonds is 4. The van der Waals surface area contributed by atoms with Crippen LogP contribution in [0, 0.1) is 0 Å². The van der Waals surface area contributed by atoms with Gasteiger partial charge in [0, 0.05) is 25.7 Å². The molecule has 7 heteroatoms. The van der Waals surface area contributed by atoms with Gasteiger partial charge in [-0.2, -0.15) is 12.7 Å². The Kier molecular flexibility index (Phi) is 4.07. The molecule has 0 spiro atoms. The van der Waals surface area contributed by atoms with Crippen LogP contribution in [0.2, 0.25) is 0 Å². The third-order valence-electron chi connectivity index (χ3n) is 3.25. The molecule has 0 aliphatic carbocycles. The Hall–Kier alpha value is -1.18. The van der Waals surface area contributed by atoms with E-state index < -0.39 is 10.2 Å². The van der Waals surface area contributed by atoms with Gasteiger partial charge in [0.15, 0.2) is 0 Å². The largest absolute Gasteiger partial charge is 0.389 e. The van der Waals surface area contributed by atoms with Crippen molar-refractivity contribution in [1.82, 2.24) is 4.31 Å². The zero-order valence-corrected chi connectivity index (χ0v) is 12.4. The molecule has 1 aromatic carbocycles. The number of anilines is 1. The molecular formula is C12H17N3O2S2. The Morgan fingerprint density at radius 2 is 1.79 bits per heavy atom. The molecular weight excluding hydrogens is 282 g/mol. The third kappa shape index (κ3) is 2.88. The molecule has 2 rings (SSSR count). The zero-order valence-electron chi connectivity index (χ0n) is 10.7. The molecule has 1 aliphatic rings. The first kappa shape index (κ1) is 14.2. The van der Waals surface area contributed by atoms with E-state index in [1.807, 2.05) is 0 Å². The van der Waals surface area contributed by atoms with Crippen LogP contribution in [0.15, 0.2) is 24.3 Å². The van der Waals surface area contributed by atoms with Crippen LogP contribution >= 0.6 is 12.2 Å². The van der Waals surface area contributed by atoms with Crippen LogP contribution in [0.4, 0.5) is 5.69 Å². The Bertz CT molecular complexity index is 563. The molecule has 1 aromatic rings. The molecule has 0 aromatic heterocycles. The van der Waals surface area contributed by atoms with Gasteiger partial charge < -0.3 is 5.73 Å². The van der Waals surface area contributed by atoms with E-state index in [-0.39, 0.29) is 0 Å².